The first-order chi connectivity index (χ1) is 12.1. The van der Waals surface area contributed by atoms with E-state index in [2.05, 4.69) is 4.90 Å². The van der Waals surface area contributed by atoms with Crippen LogP contribution in [0.5, 0.6) is 0 Å². The summed E-state index contributed by atoms with van der Waals surface area (Å²) in [5.74, 6) is 0.00443. The minimum atomic E-state index is -0.345. The highest BCUT2D eigenvalue weighted by Gasteiger charge is 2.53. The van der Waals surface area contributed by atoms with Crippen molar-refractivity contribution in [3.63, 3.8) is 0 Å². The number of hydrogen-bond donors (Lipinski definition) is 0. The fourth-order valence-corrected chi connectivity index (χ4v) is 3.77. The lowest BCUT2D eigenvalue weighted by Crippen LogP contribution is -2.51. The molecule has 1 saturated heterocycles. The van der Waals surface area contributed by atoms with Crippen molar-refractivity contribution in [1.82, 2.24) is 4.90 Å². The third kappa shape index (κ3) is 3.11. The Hall–Kier alpha value is -2.07. The number of carbonyl (C=O) groups excluding carboxylic acids is 1. The highest BCUT2D eigenvalue weighted by Crippen LogP contribution is 2.49. The van der Waals surface area contributed by atoms with Crippen molar-refractivity contribution in [1.29, 1.82) is 0 Å². The van der Waals surface area contributed by atoms with E-state index in [1.807, 2.05) is 29.2 Å². The van der Waals surface area contributed by atoms with Gasteiger partial charge in [-0.15, -0.1) is 0 Å². The molecular weight excluding hydrogens is 339 g/mol. The van der Waals surface area contributed by atoms with E-state index in [0.717, 1.165) is 37.2 Å². The van der Waals surface area contributed by atoms with Crippen molar-refractivity contribution >= 4 is 23.2 Å². The van der Waals surface area contributed by atoms with E-state index >= 15 is 0 Å². The van der Waals surface area contributed by atoms with Crippen molar-refractivity contribution in [2.45, 2.75) is 18.3 Å². The first-order valence-corrected chi connectivity index (χ1v) is 9.02. The standard InChI is InChI=1S/C20H20ClFN2O/c21-16-3-1-15(2-4-16)20(9-10-20)19(25)24-13-11-23(12-14-24)18-7-5-17(22)6-8-18/h1-8H,9-14H2. The zero-order valence-corrected chi connectivity index (χ0v) is 14.7. The van der Waals surface area contributed by atoms with E-state index < -0.39 is 0 Å². The van der Waals surface area contributed by atoms with Crippen molar-refractivity contribution in [2.24, 2.45) is 0 Å². The maximum atomic E-state index is 13.1. The van der Waals surface area contributed by atoms with Gasteiger partial charge < -0.3 is 9.80 Å². The maximum absolute atomic E-state index is 13.1. The Bertz CT molecular complexity index is 763. The Morgan fingerprint density at radius 3 is 2.08 bits per heavy atom. The third-order valence-electron chi connectivity index (χ3n) is 5.31. The van der Waals surface area contributed by atoms with Gasteiger partial charge in [0.15, 0.2) is 0 Å². The molecule has 1 heterocycles. The molecule has 0 N–H and O–H groups in total. The quantitative estimate of drug-likeness (QED) is 0.831. The van der Waals surface area contributed by atoms with Gasteiger partial charge in [0.1, 0.15) is 5.82 Å². The van der Waals surface area contributed by atoms with Crippen LogP contribution in [-0.2, 0) is 10.2 Å². The molecule has 1 amide bonds. The van der Waals surface area contributed by atoms with Crippen LogP contribution in [0.15, 0.2) is 48.5 Å². The van der Waals surface area contributed by atoms with Gasteiger partial charge in [-0.25, -0.2) is 4.39 Å². The second-order valence-corrected chi connectivity index (χ2v) is 7.28. The topological polar surface area (TPSA) is 23.6 Å². The fraction of sp³-hybridized carbons (Fsp3) is 0.350. The SMILES string of the molecule is O=C(N1CCN(c2ccc(F)cc2)CC1)C1(c2ccc(Cl)cc2)CC1. The Morgan fingerprint density at radius 2 is 1.52 bits per heavy atom. The number of piperazine rings is 1. The molecule has 1 aliphatic carbocycles. The number of rotatable bonds is 3. The molecule has 3 nitrogen and oxygen atoms in total. The fourth-order valence-electron chi connectivity index (χ4n) is 3.64. The number of benzene rings is 2. The van der Waals surface area contributed by atoms with E-state index in [4.69, 9.17) is 11.6 Å². The van der Waals surface area contributed by atoms with Crippen molar-refractivity contribution in [3.05, 3.63) is 64.9 Å². The largest absolute Gasteiger partial charge is 0.368 e. The van der Waals surface area contributed by atoms with Gasteiger partial charge in [-0.05, 0) is 54.8 Å². The van der Waals surface area contributed by atoms with Crippen LogP contribution in [0.1, 0.15) is 18.4 Å². The van der Waals surface area contributed by atoms with Crippen molar-refractivity contribution < 1.29 is 9.18 Å². The zero-order chi connectivity index (χ0) is 17.4. The molecule has 0 spiro atoms. The molecule has 5 heteroatoms. The lowest BCUT2D eigenvalue weighted by atomic mass is 9.94. The Balaban J connectivity index is 1.43. The molecule has 2 aromatic carbocycles. The third-order valence-corrected chi connectivity index (χ3v) is 5.57. The van der Waals surface area contributed by atoms with Gasteiger partial charge in [0.05, 0.1) is 5.41 Å². The molecule has 0 aromatic heterocycles. The average Bonchev–Trinajstić information content (AvgIpc) is 3.44. The van der Waals surface area contributed by atoms with Crippen LogP contribution in [0.2, 0.25) is 5.02 Å². The maximum Gasteiger partial charge on any atom is 0.233 e. The zero-order valence-electron chi connectivity index (χ0n) is 13.9. The average molecular weight is 359 g/mol. The molecular formula is C20H20ClFN2O. The summed E-state index contributed by atoms with van der Waals surface area (Å²) in [5.41, 5.74) is 1.73. The lowest BCUT2D eigenvalue weighted by Gasteiger charge is -2.38. The number of hydrogen-bond acceptors (Lipinski definition) is 2. The van der Waals surface area contributed by atoms with Gasteiger partial charge >= 0.3 is 0 Å². The Morgan fingerprint density at radius 1 is 0.920 bits per heavy atom. The highest BCUT2D eigenvalue weighted by molar-refractivity contribution is 6.30. The van der Waals surface area contributed by atoms with Crippen molar-refractivity contribution in [3.8, 4) is 0 Å². The number of anilines is 1. The van der Waals surface area contributed by atoms with Crippen LogP contribution in [0.25, 0.3) is 0 Å². The molecule has 0 radical (unpaired) electrons. The molecule has 2 aromatic rings. The summed E-state index contributed by atoms with van der Waals surface area (Å²) < 4.78 is 13.1. The number of nitrogens with zero attached hydrogens (tertiary/aromatic N) is 2. The first kappa shape index (κ1) is 16.4. The summed E-state index contributed by atoms with van der Waals surface area (Å²) in [6.45, 7) is 2.94. The van der Waals surface area contributed by atoms with E-state index in [1.165, 1.54) is 12.1 Å². The summed E-state index contributed by atoms with van der Waals surface area (Å²) in [7, 11) is 0. The van der Waals surface area contributed by atoms with E-state index in [1.54, 1.807) is 12.1 Å². The molecule has 0 unspecified atom stereocenters. The normalized spacial score (nSPS) is 19.0. The molecule has 130 valence electrons. The van der Waals surface area contributed by atoms with Crippen LogP contribution in [0, 0.1) is 5.82 Å². The molecule has 25 heavy (non-hydrogen) atoms. The first-order valence-electron chi connectivity index (χ1n) is 8.64. The lowest BCUT2D eigenvalue weighted by molar-refractivity contribution is -0.134. The van der Waals surface area contributed by atoms with Crippen LogP contribution < -0.4 is 4.90 Å². The van der Waals surface area contributed by atoms with Crippen molar-refractivity contribution in [2.75, 3.05) is 31.1 Å². The predicted molar refractivity (Wildman–Crippen MR) is 97.6 cm³/mol. The van der Waals surface area contributed by atoms with Gasteiger partial charge in [0.2, 0.25) is 5.91 Å². The molecule has 1 aliphatic heterocycles. The van der Waals surface area contributed by atoms with Gasteiger partial charge in [0, 0.05) is 36.9 Å². The number of halogens is 2. The second-order valence-electron chi connectivity index (χ2n) is 6.84. The van der Waals surface area contributed by atoms with E-state index in [-0.39, 0.29) is 17.1 Å². The summed E-state index contributed by atoms with van der Waals surface area (Å²) in [5, 5.41) is 0.694. The number of carbonyl (C=O) groups is 1. The summed E-state index contributed by atoms with van der Waals surface area (Å²) >= 11 is 5.97. The monoisotopic (exact) mass is 358 g/mol. The van der Waals surface area contributed by atoms with Crippen LogP contribution in [-0.4, -0.2) is 37.0 Å². The number of amides is 1. The second kappa shape index (κ2) is 6.34. The smallest absolute Gasteiger partial charge is 0.233 e. The Kier molecular flexibility index (Phi) is 4.16. The molecule has 2 fully saturated rings. The van der Waals surface area contributed by atoms with Crippen LogP contribution in [0.3, 0.4) is 0 Å². The summed E-state index contributed by atoms with van der Waals surface area (Å²) in [6, 6.07) is 14.2. The van der Waals surface area contributed by atoms with Gasteiger partial charge in [-0.1, -0.05) is 23.7 Å². The van der Waals surface area contributed by atoms with E-state index in [9.17, 15) is 9.18 Å². The molecule has 0 atom stereocenters. The van der Waals surface area contributed by atoms with E-state index in [0.29, 0.717) is 18.1 Å². The highest BCUT2D eigenvalue weighted by atomic mass is 35.5. The van der Waals surface area contributed by atoms with Gasteiger partial charge in [0.25, 0.3) is 0 Å². The minimum Gasteiger partial charge on any atom is -0.368 e. The summed E-state index contributed by atoms with van der Waals surface area (Å²) in [6.07, 6.45) is 1.82. The molecule has 0 bridgehead atoms. The van der Waals surface area contributed by atoms with Crippen LogP contribution >= 0.6 is 11.6 Å². The molecule has 1 saturated carbocycles. The minimum absolute atomic E-state index is 0.226. The van der Waals surface area contributed by atoms with Crippen LogP contribution in [0.4, 0.5) is 10.1 Å². The van der Waals surface area contributed by atoms with Gasteiger partial charge in [-0.3, -0.25) is 4.79 Å². The van der Waals surface area contributed by atoms with Gasteiger partial charge in [-0.2, -0.15) is 0 Å². The molecule has 4 rings (SSSR count). The Labute approximate surface area is 152 Å². The summed E-state index contributed by atoms with van der Waals surface area (Å²) in [4.78, 5) is 17.3. The predicted octanol–water partition coefficient (Wildman–Crippen LogP) is 3.86. The molecule has 2 aliphatic rings.